The molecule has 26 heavy (non-hydrogen) atoms. The third kappa shape index (κ3) is 2.65. The van der Waals surface area contributed by atoms with Crippen LogP contribution in [-0.4, -0.2) is 24.9 Å². The zero-order valence-corrected chi connectivity index (χ0v) is 14.0. The van der Waals surface area contributed by atoms with Crippen molar-refractivity contribution in [3.8, 4) is 22.8 Å². The van der Waals surface area contributed by atoms with E-state index in [0.29, 0.717) is 17.6 Å². The van der Waals surface area contributed by atoms with E-state index in [1.165, 1.54) is 0 Å². The lowest BCUT2D eigenvalue weighted by Gasteiger charge is -2.10. The molecule has 1 aliphatic rings. The van der Waals surface area contributed by atoms with Gasteiger partial charge < -0.3 is 5.73 Å². The van der Waals surface area contributed by atoms with Gasteiger partial charge in [0.1, 0.15) is 0 Å². The summed E-state index contributed by atoms with van der Waals surface area (Å²) >= 11 is 0. The molecule has 4 aromatic rings. The molecule has 0 saturated heterocycles. The minimum Gasteiger partial charge on any atom is -0.368 e. The monoisotopic (exact) mass is 340 g/mol. The Hall–Kier alpha value is -3.41. The predicted molar refractivity (Wildman–Crippen MR) is 100 cm³/mol. The Bertz CT molecular complexity index is 1110. The van der Waals surface area contributed by atoms with Crippen molar-refractivity contribution in [1.82, 2.24) is 24.9 Å². The van der Waals surface area contributed by atoms with E-state index in [1.807, 2.05) is 42.5 Å². The zero-order valence-electron chi connectivity index (χ0n) is 14.0. The summed E-state index contributed by atoms with van der Waals surface area (Å²) in [6, 6.07) is 15.8. The normalized spacial score (nSPS) is 13.8. The van der Waals surface area contributed by atoms with Gasteiger partial charge in [-0.2, -0.15) is 9.97 Å². The lowest BCUT2D eigenvalue weighted by Crippen LogP contribution is -2.04. The summed E-state index contributed by atoms with van der Waals surface area (Å²) in [7, 11) is 0. The van der Waals surface area contributed by atoms with Gasteiger partial charge >= 0.3 is 0 Å². The number of anilines is 1. The largest absolute Gasteiger partial charge is 0.368 e. The van der Waals surface area contributed by atoms with Crippen LogP contribution < -0.4 is 5.73 Å². The molecule has 1 fully saturated rings. The highest BCUT2D eigenvalue weighted by atomic mass is 15.1. The van der Waals surface area contributed by atoms with Crippen LogP contribution in [0.3, 0.4) is 0 Å². The van der Waals surface area contributed by atoms with E-state index in [0.717, 1.165) is 40.7 Å². The van der Waals surface area contributed by atoms with E-state index in [2.05, 4.69) is 26.0 Å². The Morgan fingerprint density at radius 1 is 0.846 bits per heavy atom. The zero-order chi connectivity index (χ0) is 17.5. The molecular formula is C20H16N6. The van der Waals surface area contributed by atoms with Gasteiger partial charge in [-0.3, -0.25) is 0 Å². The molecule has 0 radical (unpaired) electrons. The van der Waals surface area contributed by atoms with Crippen molar-refractivity contribution < 1.29 is 0 Å². The van der Waals surface area contributed by atoms with E-state index in [9.17, 15) is 0 Å². The standard InChI is InChI=1S/C20H16N6/c21-20-25-18(13-5-2-1-3-6-13)24-19(26-20)15-11-14-7-4-10-22-17(14)23-16(15)12-8-9-12/h1-7,10-12H,8-9H2,(H2,21,24,25,26). The van der Waals surface area contributed by atoms with Crippen molar-refractivity contribution in [3.63, 3.8) is 0 Å². The van der Waals surface area contributed by atoms with Gasteiger partial charge in [-0.15, -0.1) is 0 Å². The fourth-order valence-corrected chi connectivity index (χ4v) is 3.10. The lowest BCUT2D eigenvalue weighted by molar-refractivity contribution is 1.01. The summed E-state index contributed by atoms with van der Waals surface area (Å²) in [5.41, 5.74) is 9.57. The number of nitrogens with two attached hydrogens (primary N) is 1. The van der Waals surface area contributed by atoms with E-state index in [-0.39, 0.29) is 5.95 Å². The maximum atomic E-state index is 5.99. The van der Waals surface area contributed by atoms with Gasteiger partial charge in [-0.25, -0.2) is 15.0 Å². The molecule has 0 unspecified atom stereocenters. The number of hydrogen-bond donors (Lipinski definition) is 1. The van der Waals surface area contributed by atoms with Crippen LogP contribution in [0.1, 0.15) is 24.5 Å². The molecule has 126 valence electrons. The summed E-state index contributed by atoms with van der Waals surface area (Å²) in [4.78, 5) is 22.6. The molecule has 1 saturated carbocycles. The van der Waals surface area contributed by atoms with Crippen LogP contribution in [0.4, 0.5) is 5.95 Å². The molecule has 0 amide bonds. The highest BCUT2D eigenvalue weighted by molar-refractivity contribution is 5.81. The molecular weight excluding hydrogens is 324 g/mol. The van der Waals surface area contributed by atoms with Gasteiger partial charge in [0.05, 0.1) is 5.69 Å². The van der Waals surface area contributed by atoms with Crippen LogP contribution in [0.15, 0.2) is 54.7 Å². The van der Waals surface area contributed by atoms with E-state index in [4.69, 9.17) is 10.7 Å². The lowest BCUT2D eigenvalue weighted by atomic mass is 10.1. The molecule has 3 aromatic heterocycles. The molecule has 0 spiro atoms. The summed E-state index contributed by atoms with van der Waals surface area (Å²) in [5.74, 6) is 1.79. The molecule has 0 bridgehead atoms. The van der Waals surface area contributed by atoms with Crippen LogP contribution in [0.2, 0.25) is 0 Å². The van der Waals surface area contributed by atoms with Crippen LogP contribution in [-0.2, 0) is 0 Å². The number of benzene rings is 1. The first-order valence-electron chi connectivity index (χ1n) is 8.61. The van der Waals surface area contributed by atoms with Gasteiger partial charge in [-0.05, 0) is 31.0 Å². The fraction of sp³-hybridized carbons (Fsp3) is 0.150. The number of fused-ring (bicyclic) bond motifs is 1. The second kappa shape index (κ2) is 5.84. The minimum absolute atomic E-state index is 0.210. The molecule has 3 heterocycles. The first-order valence-corrected chi connectivity index (χ1v) is 8.61. The Balaban J connectivity index is 1.72. The van der Waals surface area contributed by atoms with Crippen molar-refractivity contribution in [2.24, 2.45) is 0 Å². The van der Waals surface area contributed by atoms with Crippen molar-refractivity contribution >= 4 is 17.0 Å². The van der Waals surface area contributed by atoms with E-state index >= 15 is 0 Å². The number of rotatable bonds is 3. The Kier molecular flexibility index (Phi) is 3.35. The number of pyridine rings is 2. The summed E-state index contributed by atoms with van der Waals surface area (Å²) in [6.07, 6.45) is 4.02. The molecule has 1 aliphatic carbocycles. The van der Waals surface area contributed by atoms with Gasteiger partial charge in [0, 0.05) is 28.6 Å². The van der Waals surface area contributed by atoms with Crippen molar-refractivity contribution in [2.75, 3.05) is 5.73 Å². The van der Waals surface area contributed by atoms with Gasteiger partial charge in [0.25, 0.3) is 0 Å². The Morgan fingerprint density at radius 3 is 2.46 bits per heavy atom. The molecule has 5 rings (SSSR count). The first-order chi connectivity index (χ1) is 12.8. The molecule has 6 heteroatoms. The predicted octanol–water partition coefficient (Wildman–Crippen LogP) is 3.61. The number of aromatic nitrogens is 5. The average molecular weight is 340 g/mol. The molecule has 1 aromatic carbocycles. The highest BCUT2D eigenvalue weighted by Gasteiger charge is 2.29. The summed E-state index contributed by atoms with van der Waals surface area (Å²) in [5, 5.41) is 0.965. The summed E-state index contributed by atoms with van der Waals surface area (Å²) < 4.78 is 0. The topological polar surface area (TPSA) is 90.5 Å². The Morgan fingerprint density at radius 2 is 1.65 bits per heavy atom. The minimum atomic E-state index is 0.210. The molecule has 0 aliphatic heterocycles. The van der Waals surface area contributed by atoms with E-state index in [1.54, 1.807) is 6.20 Å². The van der Waals surface area contributed by atoms with Crippen LogP contribution in [0.25, 0.3) is 33.8 Å². The third-order valence-electron chi connectivity index (χ3n) is 4.51. The SMILES string of the molecule is Nc1nc(-c2ccccc2)nc(-c2cc3cccnc3nc2C2CC2)n1. The fourth-order valence-electron chi connectivity index (χ4n) is 3.10. The molecule has 0 atom stereocenters. The first kappa shape index (κ1) is 14.9. The Labute approximate surface area is 150 Å². The number of nitrogen functional groups attached to an aromatic ring is 1. The average Bonchev–Trinajstić information content (AvgIpc) is 3.52. The van der Waals surface area contributed by atoms with Gasteiger partial charge in [-0.1, -0.05) is 30.3 Å². The molecule has 6 nitrogen and oxygen atoms in total. The third-order valence-corrected chi connectivity index (χ3v) is 4.51. The van der Waals surface area contributed by atoms with Gasteiger partial charge in [0.15, 0.2) is 17.3 Å². The van der Waals surface area contributed by atoms with Crippen LogP contribution >= 0.6 is 0 Å². The van der Waals surface area contributed by atoms with E-state index < -0.39 is 0 Å². The van der Waals surface area contributed by atoms with Crippen molar-refractivity contribution in [2.45, 2.75) is 18.8 Å². The number of nitrogens with zero attached hydrogens (tertiary/aromatic N) is 5. The maximum Gasteiger partial charge on any atom is 0.224 e. The molecule has 2 N–H and O–H groups in total. The van der Waals surface area contributed by atoms with Gasteiger partial charge in [0.2, 0.25) is 5.95 Å². The highest BCUT2D eigenvalue weighted by Crippen LogP contribution is 2.43. The van der Waals surface area contributed by atoms with Crippen LogP contribution in [0.5, 0.6) is 0 Å². The van der Waals surface area contributed by atoms with Crippen molar-refractivity contribution in [3.05, 3.63) is 60.4 Å². The van der Waals surface area contributed by atoms with Crippen LogP contribution in [0, 0.1) is 0 Å². The second-order valence-electron chi connectivity index (χ2n) is 6.45. The second-order valence-corrected chi connectivity index (χ2v) is 6.45. The van der Waals surface area contributed by atoms with Crippen molar-refractivity contribution in [1.29, 1.82) is 0 Å². The smallest absolute Gasteiger partial charge is 0.224 e. The maximum absolute atomic E-state index is 5.99. The quantitative estimate of drug-likeness (QED) is 0.613. The summed E-state index contributed by atoms with van der Waals surface area (Å²) in [6.45, 7) is 0. The number of hydrogen-bond acceptors (Lipinski definition) is 6.